The van der Waals surface area contributed by atoms with E-state index in [4.69, 9.17) is 5.11 Å². The van der Waals surface area contributed by atoms with Gasteiger partial charge in [0.05, 0.1) is 18.2 Å². The summed E-state index contributed by atoms with van der Waals surface area (Å²) in [5.74, 6) is -1.56. The Morgan fingerprint density at radius 2 is 2.00 bits per heavy atom. The lowest BCUT2D eigenvalue weighted by Gasteiger charge is -2.11. The lowest BCUT2D eigenvalue weighted by molar-refractivity contribution is 0.0596. The number of ether oxygens (including phenoxy) is 1. The zero-order valence-corrected chi connectivity index (χ0v) is 10.1. The van der Waals surface area contributed by atoms with Crippen molar-refractivity contribution >= 4 is 23.7 Å². The van der Waals surface area contributed by atoms with Gasteiger partial charge in [-0.15, -0.1) is 11.8 Å². The van der Waals surface area contributed by atoms with Crippen molar-refractivity contribution in [3.63, 3.8) is 0 Å². The van der Waals surface area contributed by atoms with Crippen LogP contribution in [-0.2, 0) is 4.74 Å². The number of aromatic carboxylic acids is 1. The fourth-order valence-electron chi connectivity index (χ4n) is 1.44. The molecule has 0 aliphatic carbocycles. The molecule has 0 aliphatic heterocycles. The van der Waals surface area contributed by atoms with Gasteiger partial charge in [-0.1, -0.05) is 0 Å². The molecule has 86 valence electrons. The van der Waals surface area contributed by atoms with Crippen LogP contribution < -0.4 is 0 Å². The maximum absolute atomic E-state index is 11.6. The first-order valence-corrected chi connectivity index (χ1v) is 5.74. The number of hydrogen-bond acceptors (Lipinski definition) is 4. The molecular formula is C11H12O4S. The predicted octanol–water partition coefficient (Wildman–Crippen LogP) is 2.20. The summed E-state index contributed by atoms with van der Waals surface area (Å²) in [6.07, 6.45) is 1.82. The minimum atomic E-state index is -1.05. The number of esters is 1. The Morgan fingerprint density at radius 3 is 2.44 bits per heavy atom. The molecule has 0 unspecified atom stereocenters. The largest absolute Gasteiger partial charge is 0.478 e. The summed E-state index contributed by atoms with van der Waals surface area (Å²) in [5.41, 5.74) is 0.888. The van der Waals surface area contributed by atoms with Crippen molar-refractivity contribution in [2.45, 2.75) is 11.8 Å². The van der Waals surface area contributed by atoms with E-state index in [1.807, 2.05) is 6.26 Å². The first-order valence-electron chi connectivity index (χ1n) is 4.52. The molecule has 0 fully saturated rings. The topological polar surface area (TPSA) is 63.6 Å². The molecule has 0 amide bonds. The van der Waals surface area contributed by atoms with Gasteiger partial charge >= 0.3 is 11.9 Å². The van der Waals surface area contributed by atoms with Crippen LogP contribution in [0, 0.1) is 6.92 Å². The van der Waals surface area contributed by atoms with E-state index < -0.39 is 11.9 Å². The van der Waals surface area contributed by atoms with E-state index >= 15 is 0 Å². The number of carboxylic acids is 1. The fourth-order valence-corrected chi connectivity index (χ4v) is 2.09. The van der Waals surface area contributed by atoms with Crippen molar-refractivity contribution in [1.29, 1.82) is 0 Å². The summed E-state index contributed by atoms with van der Waals surface area (Å²) in [4.78, 5) is 23.2. The Balaban J connectivity index is 3.46. The fraction of sp³-hybridized carbons (Fsp3) is 0.273. The number of thioether (sulfide) groups is 1. The third kappa shape index (κ3) is 2.19. The van der Waals surface area contributed by atoms with Crippen molar-refractivity contribution in [3.8, 4) is 0 Å². The smallest absolute Gasteiger partial charge is 0.339 e. The van der Waals surface area contributed by atoms with Crippen LogP contribution in [0.3, 0.4) is 0 Å². The van der Waals surface area contributed by atoms with Gasteiger partial charge in [-0.2, -0.15) is 0 Å². The molecule has 1 rings (SSSR count). The number of carbonyl (C=O) groups is 2. The van der Waals surface area contributed by atoms with E-state index in [1.54, 1.807) is 13.0 Å². The van der Waals surface area contributed by atoms with Crippen LogP contribution in [0.25, 0.3) is 0 Å². The minimum Gasteiger partial charge on any atom is -0.478 e. The normalized spacial score (nSPS) is 9.94. The van der Waals surface area contributed by atoms with Crippen molar-refractivity contribution in [3.05, 3.63) is 28.8 Å². The average Bonchev–Trinajstić information content (AvgIpc) is 2.26. The lowest BCUT2D eigenvalue weighted by atomic mass is 10.0. The second kappa shape index (κ2) is 5.03. The summed E-state index contributed by atoms with van der Waals surface area (Å²) < 4.78 is 4.65. The van der Waals surface area contributed by atoms with Gasteiger partial charge in [0.25, 0.3) is 0 Å². The number of hydrogen-bond donors (Lipinski definition) is 1. The Kier molecular flexibility index (Phi) is 3.95. The maximum Gasteiger partial charge on any atom is 0.339 e. The van der Waals surface area contributed by atoms with Crippen molar-refractivity contribution in [1.82, 2.24) is 0 Å². The molecule has 1 aromatic rings. The quantitative estimate of drug-likeness (QED) is 0.648. The van der Waals surface area contributed by atoms with E-state index in [2.05, 4.69) is 4.74 Å². The molecule has 0 saturated heterocycles. The lowest BCUT2D eigenvalue weighted by Crippen LogP contribution is -2.10. The van der Waals surface area contributed by atoms with E-state index in [1.165, 1.54) is 24.9 Å². The Hall–Kier alpha value is -1.49. The number of carboxylic acid groups (broad SMARTS) is 1. The van der Waals surface area contributed by atoms with Crippen LogP contribution in [0.4, 0.5) is 0 Å². The molecule has 0 saturated carbocycles. The molecule has 4 nitrogen and oxygen atoms in total. The molecule has 0 atom stereocenters. The molecule has 0 radical (unpaired) electrons. The van der Waals surface area contributed by atoms with Gasteiger partial charge in [-0.3, -0.25) is 0 Å². The molecule has 1 N–H and O–H groups in total. The molecule has 5 heteroatoms. The molecule has 16 heavy (non-hydrogen) atoms. The van der Waals surface area contributed by atoms with E-state index in [9.17, 15) is 9.59 Å². The summed E-state index contributed by atoms with van der Waals surface area (Å²) in [6, 6.07) is 3.11. The SMILES string of the molecule is COC(=O)c1c(SC)ccc(C(=O)O)c1C. The molecule has 0 heterocycles. The van der Waals surface area contributed by atoms with Gasteiger partial charge in [0.1, 0.15) is 0 Å². The van der Waals surface area contributed by atoms with Crippen molar-refractivity contribution in [2.75, 3.05) is 13.4 Å². The Morgan fingerprint density at radius 1 is 1.38 bits per heavy atom. The number of rotatable bonds is 3. The van der Waals surface area contributed by atoms with Crippen LogP contribution in [0.5, 0.6) is 0 Å². The van der Waals surface area contributed by atoms with Crippen molar-refractivity contribution in [2.24, 2.45) is 0 Å². The first-order chi connectivity index (χ1) is 7.52. The van der Waals surface area contributed by atoms with Crippen LogP contribution >= 0.6 is 11.8 Å². The summed E-state index contributed by atoms with van der Waals surface area (Å²) in [6.45, 7) is 1.61. The zero-order chi connectivity index (χ0) is 12.3. The second-order valence-corrected chi connectivity index (χ2v) is 3.96. The van der Waals surface area contributed by atoms with Crippen molar-refractivity contribution < 1.29 is 19.4 Å². The molecular weight excluding hydrogens is 228 g/mol. The van der Waals surface area contributed by atoms with E-state index in [-0.39, 0.29) is 5.56 Å². The van der Waals surface area contributed by atoms with Gasteiger partial charge in [0.15, 0.2) is 0 Å². The highest BCUT2D eigenvalue weighted by Gasteiger charge is 2.19. The Bertz CT molecular complexity index is 440. The number of benzene rings is 1. The molecule has 0 spiro atoms. The van der Waals surface area contributed by atoms with Crippen LogP contribution in [-0.4, -0.2) is 30.4 Å². The highest BCUT2D eigenvalue weighted by Crippen LogP contribution is 2.26. The Labute approximate surface area is 97.6 Å². The van der Waals surface area contributed by atoms with Gasteiger partial charge < -0.3 is 9.84 Å². The first kappa shape index (κ1) is 12.6. The maximum atomic E-state index is 11.6. The van der Waals surface area contributed by atoms with E-state index in [0.29, 0.717) is 16.0 Å². The molecule has 1 aromatic carbocycles. The van der Waals surface area contributed by atoms with Crippen LogP contribution in [0.2, 0.25) is 0 Å². The van der Waals surface area contributed by atoms with Crippen LogP contribution in [0.15, 0.2) is 17.0 Å². The van der Waals surface area contributed by atoms with Gasteiger partial charge in [-0.25, -0.2) is 9.59 Å². The number of methoxy groups -OCH3 is 1. The number of carbonyl (C=O) groups excluding carboxylic acids is 1. The molecule has 0 aliphatic rings. The summed E-state index contributed by atoms with van der Waals surface area (Å²) >= 11 is 1.38. The third-order valence-corrected chi connectivity index (χ3v) is 3.05. The highest BCUT2D eigenvalue weighted by molar-refractivity contribution is 7.98. The van der Waals surface area contributed by atoms with E-state index in [0.717, 1.165) is 0 Å². The predicted molar refractivity (Wildman–Crippen MR) is 61.3 cm³/mol. The minimum absolute atomic E-state index is 0.123. The third-order valence-electron chi connectivity index (χ3n) is 2.27. The standard InChI is InChI=1S/C11H12O4S/c1-6-7(10(12)13)4-5-8(16-3)9(6)11(14)15-2/h4-5H,1-3H3,(H,12,13). The highest BCUT2D eigenvalue weighted by atomic mass is 32.2. The summed E-state index contributed by atoms with van der Waals surface area (Å²) in [5, 5.41) is 8.95. The van der Waals surface area contributed by atoms with Gasteiger partial charge in [0, 0.05) is 4.90 Å². The zero-order valence-electron chi connectivity index (χ0n) is 9.23. The monoisotopic (exact) mass is 240 g/mol. The molecule has 0 bridgehead atoms. The second-order valence-electron chi connectivity index (χ2n) is 3.11. The average molecular weight is 240 g/mol. The molecule has 0 aromatic heterocycles. The van der Waals surface area contributed by atoms with Crippen LogP contribution in [0.1, 0.15) is 26.3 Å². The van der Waals surface area contributed by atoms with Gasteiger partial charge in [-0.05, 0) is 30.9 Å². The van der Waals surface area contributed by atoms with Gasteiger partial charge in [0.2, 0.25) is 0 Å². The summed E-state index contributed by atoms with van der Waals surface area (Å²) in [7, 11) is 1.28.